The van der Waals surface area contributed by atoms with Crippen LogP contribution in [0.4, 0.5) is 10.1 Å². The topological polar surface area (TPSA) is 66.5 Å². The van der Waals surface area contributed by atoms with E-state index in [1.54, 1.807) is 18.2 Å². The lowest BCUT2D eigenvalue weighted by Crippen LogP contribution is -2.35. The van der Waals surface area contributed by atoms with E-state index in [0.29, 0.717) is 10.6 Å². The first-order valence-corrected chi connectivity index (χ1v) is 12.2. The van der Waals surface area contributed by atoms with E-state index in [2.05, 4.69) is 5.32 Å². The standard InChI is InChI=1S/C22H23FN2O3S2/c1-25(30(27,28)19-10-7-16(23)8-11-19)18-9-12-20-15(13-18)14-21(29-20)22(26)24-17-5-3-2-4-6-17/h7-14,17H,2-6H2,1H3,(H,24,26). The molecular weight excluding hydrogens is 423 g/mol. The number of hydrogen-bond acceptors (Lipinski definition) is 4. The van der Waals surface area contributed by atoms with Gasteiger partial charge in [0.2, 0.25) is 0 Å². The van der Waals surface area contributed by atoms with E-state index in [1.165, 1.54) is 41.2 Å². The highest BCUT2D eigenvalue weighted by Crippen LogP contribution is 2.31. The minimum Gasteiger partial charge on any atom is -0.349 e. The first kappa shape index (κ1) is 20.8. The van der Waals surface area contributed by atoms with Crippen LogP contribution < -0.4 is 9.62 Å². The van der Waals surface area contributed by atoms with Gasteiger partial charge in [0.15, 0.2) is 0 Å². The molecule has 0 unspecified atom stereocenters. The van der Waals surface area contributed by atoms with Gasteiger partial charge in [-0.2, -0.15) is 0 Å². The van der Waals surface area contributed by atoms with Gasteiger partial charge in [-0.25, -0.2) is 12.8 Å². The first-order valence-electron chi connectivity index (χ1n) is 9.93. The smallest absolute Gasteiger partial charge is 0.264 e. The molecule has 0 bridgehead atoms. The number of halogens is 1. The molecule has 1 aliphatic carbocycles. The number of thiophene rings is 1. The van der Waals surface area contributed by atoms with Crippen molar-refractivity contribution in [1.29, 1.82) is 0 Å². The van der Waals surface area contributed by atoms with Gasteiger partial charge in [-0.3, -0.25) is 9.10 Å². The number of sulfonamides is 1. The van der Waals surface area contributed by atoms with Gasteiger partial charge in [-0.15, -0.1) is 11.3 Å². The lowest BCUT2D eigenvalue weighted by atomic mass is 9.95. The van der Waals surface area contributed by atoms with Crippen molar-refractivity contribution in [3.05, 3.63) is 59.2 Å². The van der Waals surface area contributed by atoms with Crippen molar-refractivity contribution in [3.63, 3.8) is 0 Å². The Labute approximate surface area is 179 Å². The number of amides is 1. The van der Waals surface area contributed by atoms with Crippen LogP contribution in [0, 0.1) is 5.82 Å². The van der Waals surface area contributed by atoms with Crippen LogP contribution in [0.3, 0.4) is 0 Å². The average Bonchev–Trinajstić information content (AvgIpc) is 3.18. The van der Waals surface area contributed by atoms with Crippen molar-refractivity contribution in [2.24, 2.45) is 0 Å². The summed E-state index contributed by atoms with van der Waals surface area (Å²) in [5, 5.41) is 3.93. The van der Waals surface area contributed by atoms with Crippen molar-refractivity contribution in [2.45, 2.75) is 43.0 Å². The predicted octanol–water partition coefficient (Wildman–Crippen LogP) is 4.93. The summed E-state index contributed by atoms with van der Waals surface area (Å²) in [5.74, 6) is -0.563. The number of fused-ring (bicyclic) bond motifs is 1. The summed E-state index contributed by atoms with van der Waals surface area (Å²) >= 11 is 1.40. The Bertz CT molecular complexity index is 1170. The van der Waals surface area contributed by atoms with Crippen LogP contribution in [-0.2, 0) is 10.0 Å². The van der Waals surface area contributed by atoms with Gasteiger partial charge in [-0.05, 0) is 66.8 Å². The summed E-state index contributed by atoms with van der Waals surface area (Å²) in [6.07, 6.45) is 5.57. The van der Waals surface area contributed by atoms with Gasteiger partial charge in [0.25, 0.3) is 15.9 Å². The van der Waals surface area contributed by atoms with Gasteiger partial charge in [-0.1, -0.05) is 19.3 Å². The highest BCUT2D eigenvalue weighted by atomic mass is 32.2. The Morgan fingerprint density at radius 1 is 1.07 bits per heavy atom. The van der Waals surface area contributed by atoms with Crippen LogP contribution in [-0.4, -0.2) is 27.4 Å². The molecule has 158 valence electrons. The van der Waals surface area contributed by atoms with Gasteiger partial charge < -0.3 is 5.32 Å². The molecule has 4 rings (SSSR count). The Morgan fingerprint density at radius 2 is 1.77 bits per heavy atom. The number of carbonyl (C=O) groups is 1. The fourth-order valence-corrected chi connectivity index (χ4v) is 5.88. The molecule has 8 heteroatoms. The zero-order valence-electron chi connectivity index (χ0n) is 16.6. The van der Waals surface area contributed by atoms with E-state index < -0.39 is 15.8 Å². The lowest BCUT2D eigenvalue weighted by Gasteiger charge is -2.22. The second kappa shape index (κ2) is 8.35. The summed E-state index contributed by atoms with van der Waals surface area (Å²) in [4.78, 5) is 13.3. The van der Waals surface area contributed by atoms with Gasteiger partial charge in [0.1, 0.15) is 5.82 Å². The third-order valence-corrected chi connectivity index (χ3v) is 8.41. The number of rotatable bonds is 5. The Hall–Kier alpha value is -2.45. The molecule has 1 N–H and O–H groups in total. The first-order chi connectivity index (χ1) is 14.3. The van der Waals surface area contributed by atoms with Crippen molar-refractivity contribution in [3.8, 4) is 0 Å². The highest BCUT2D eigenvalue weighted by molar-refractivity contribution is 7.92. The maximum absolute atomic E-state index is 13.1. The number of nitrogens with one attached hydrogen (secondary N) is 1. The summed E-state index contributed by atoms with van der Waals surface area (Å²) < 4.78 is 40.9. The number of carbonyl (C=O) groups excluding carboxylic acids is 1. The molecule has 3 aromatic rings. The van der Waals surface area contributed by atoms with Crippen LogP contribution in [0.5, 0.6) is 0 Å². The van der Waals surface area contributed by atoms with E-state index in [-0.39, 0.29) is 16.8 Å². The van der Waals surface area contributed by atoms with Crippen molar-refractivity contribution >= 4 is 43.0 Å². The number of benzene rings is 2. The highest BCUT2D eigenvalue weighted by Gasteiger charge is 2.22. The predicted molar refractivity (Wildman–Crippen MR) is 118 cm³/mol. The van der Waals surface area contributed by atoms with Gasteiger partial charge in [0, 0.05) is 17.8 Å². The van der Waals surface area contributed by atoms with E-state index in [1.807, 2.05) is 6.07 Å². The summed E-state index contributed by atoms with van der Waals surface area (Å²) in [6.45, 7) is 0. The quantitative estimate of drug-likeness (QED) is 0.604. The molecule has 2 aromatic carbocycles. The monoisotopic (exact) mass is 446 g/mol. The normalized spacial score (nSPS) is 15.3. The minimum absolute atomic E-state index is 0.0179. The van der Waals surface area contributed by atoms with Gasteiger partial charge in [0.05, 0.1) is 15.5 Å². The fraction of sp³-hybridized carbons (Fsp3) is 0.318. The SMILES string of the molecule is CN(c1ccc2sc(C(=O)NC3CCCCC3)cc2c1)S(=O)(=O)c1ccc(F)cc1. The molecule has 1 amide bonds. The van der Waals surface area contributed by atoms with Crippen LogP contribution >= 0.6 is 11.3 Å². The van der Waals surface area contributed by atoms with Crippen LogP contribution in [0.15, 0.2) is 53.4 Å². The lowest BCUT2D eigenvalue weighted by molar-refractivity contribution is 0.0932. The molecule has 0 spiro atoms. The summed E-state index contributed by atoms with van der Waals surface area (Å²) in [7, 11) is -2.35. The van der Waals surface area contributed by atoms with Crippen molar-refractivity contribution in [1.82, 2.24) is 5.32 Å². The Morgan fingerprint density at radius 3 is 2.47 bits per heavy atom. The zero-order chi connectivity index (χ0) is 21.3. The van der Waals surface area contributed by atoms with E-state index in [4.69, 9.17) is 0 Å². The molecule has 0 atom stereocenters. The van der Waals surface area contributed by atoms with E-state index >= 15 is 0 Å². The molecule has 1 fully saturated rings. The van der Waals surface area contributed by atoms with E-state index in [0.717, 1.165) is 47.9 Å². The molecule has 0 saturated heterocycles. The van der Waals surface area contributed by atoms with Crippen molar-refractivity contribution in [2.75, 3.05) is 11.4 Å². The molecule has 1 aromatic heterocycles. The van der Waals surface area contributed by atoms with Crippen LogP contribution in [0.25, 0.3) is 10.1 Å². The second-order valence-electron chi connectivity index (χ2n) is 7.57. The maximum Gasteiger partial charge on any atom is 0.264 e. The molecule has 1 saturated carbocycles. The third kappa shape index (κ3) is 4.20. The van der Waals surface area contributed by atoms with Gasteiger partial charge >= 0.3 is 0 Å². The molecule has 1 heterocycles. The molecule has 5 nitrogen and oxygen atoms in total. The largest absolute Gasteiger partial charge is 0.349 e. The molecule has 1 aliphatic rings. The second-order valence-corrected chi connectivity index (χ2v) is 10.6. The van der Waals surface area contributed by atoms with Crippen LogP contribution in [0.2, 0.25) is 0 Å². The minimum atomic E-state index is -3.82. The third-order valence-electron chi connectivity index (χ3n) is 5.50. The molecule has 30 heavy (non-hydrogen) atoms. The fourth-order valence-electron chi connectivity index (χ4n) is 3.75. The van der Waals surface area contributed by atoms with Crippen LogP contribution in [0.1, 0.15) is 41.8 Å². The zero-order valence-corrected chi connectivity index (χ0v) is 18.2. The summed E-state index contributed by atoms with van der Waals surface area (Å²) in [5.41, 5.74) is 0.476. The van der Waals surface area contributed by atoms with Crippen molar-refractivity contribution < 1.29 is 17.6 Å². The summed E-state index contributed by atoms with van der Waals surface area (Å²) in [6, 6.07) is 12.1. The van der Waals surface area contributed by atoms with E-state index in [9.17, 15) is 17.6 Å². The molecule has 0 radical (unpaired) electrons. The number of anilines is 1. The Kier molecular flexibility index (Phi) is 5.79. The molecule has 0 aliphatic heterocycles. The average molecular weight is 447 g/mol. The maximum atomic E-state index is 13.1. The number of hydrogen-bond donors (Lipinski definition) is 1. The number of nitrogens with zero attached hydrogens (tertiary/aromatic N) is 1. The Balaban J connectivity index is 1.57. The molecular formula is C22H23FN2O3S2.